The van der Waals surface area contributed by atoms with E-state index in [-0.39, 0.29) is 24.7 Å². The number of carbonyl (C=O) groups excluding carboxylic acids is 2. The lowest BCUT2D eigenvalue weighted by molar-refractivity contribution is -0.153. The summed E-state index contributed by atoms with van der Waals surface area (Å²) in [5.74, 6) is -1.43. The van der Waals surface area contributed by atoms with E-state index in [0.717, 1.165) is 0 Å². The Morgan fingerprint density at radius 1 is 1.13 bits per heavy atom. The summed E-state index contributed by atoms with van der Waals surface area (Å²) in [5.41, 5.74) is 0. The van der Waals surface area contributed by atoms with Crippen LogP contribution in [0.15, 0.2) is 0 Å². The van der Waals surface area contributed by atoms with Gasteiger partial charge in [-0.3, -0.25) is 9.59 Å². The minimum atomic E-state index is -3.15. The lowest BCUT2D eigenvalue weighted by Gasteiger charge is -2.31. The Morgan fingerprint density at radius 3 is 2.22 bits per heavy atom. The number of sulfone groups is 1. The lowest BCUT2D eigenvalue weighted by atomic mass is 10.2. The van der Waals surface area contributed by atoms with Gasteiger partial charge in [-0.25, -0.2) is 8.42 Å². The van der Waals surface area contributed by atoms with Crippen molar-refractivity contribution in [3.63, 3.8) is 0 Å². The SMILES string of the molecule is CCN(CCO)C(=O)C(=O)N(CCN(C)C)C1CCS(=O)(=O)C1. The average Bonchev–Trinajstić information content (AvgIpc) is 2.83. The van der Waals surface area contributed by atoms with Crippen LogP contribution in [-0.2, 0) is 19.4 Å². The number of likely N-dealkylation sites (N-methyl/N-ethyl adjacent to an activating group) is 2. The molecule has 0 saturated carbocycles. The molecular weight excluding hydrogens is 322 g/mol. The predicted octanol–water partition coefficient (Wildman–Crippen LogP) is -1.60. The van der Waals surface area contributed by atoms with Gasteiger partial charge in [0, 0.05) is 32.2 Å². The largest absolute Gasteiger partial charge is 0.395 e. The van der Waals surface area contributed by atoms with E-state index in [9.17, 15) is 18.0 Å². The molecule has 9 heteroatoms. The number of nitrogens with zero attached hydrogens (tertiary/aromatic N) is 3. The van der Waals surface area contributed by atoms with Gasteiger partial charge in [-0.05, 0) is 27.4 Å². The first-order valence-corrected chi connectivity index (χ1v) is 9.59. The maximum atomic E-state index is 12.6. The van der Waals surface area contributed by atoms with E-state index in [1.54, 1.807) is 6.92 Å². The van der Waals surface area contributed by atoms with Gasteiger partial charge in [0.25, 0.3) is 0 Å². The number of hydrogen-bond acceptors (Lipinski definition) is 6. The maximum Gasteiger partial charge on any atom is 0.312 e. The van der Waals surface area contributed by atoms with Crippen molar-refractivity contribution in [2.45, 2.75) is 19.4 Å². The summed E-state index contributed by atoms with van der Waals surface area (Å²) in [6.07, 6.45) is 0.362. The molecule has 134 valence electrons. The fourth-order valence-electron chi connectivity index (χ4n) is 2.56. The van der Waals surface area contributed by atoms with E-state index in [1.165, 1.54) is 9.80 Å². The van der Waals surface area contributed by atoms with Crippen molar-refractivity contribution in [1.82, 2.24) is 14.7 Å². The molecule has 0 aromatic heterocycles. The zero-order chi connectivity index (χ0) is 17.6. The molecule has 23 heavy (non-hydrogen) atoms. The van der Waals surface area contributed by atoms with Crippen LogP contribution >= 0.6 is 0 Å². The Hall–Kier alpha value is -1.19. The molecule has 1 saturated heterocycles. The first-order chi connectivity index (χ1) is 10.7. The monoisotopic (exact) mass is 349 g/mol. The van der Waals surface area contributed by atoms with Crippen LogP contribution in [0.3, 0.4) is 0 Å². The fraction of sp³-hybridized carbons (Fsp3) is 0.857. The number of hydrogen-bond donors (Lipinski definition) is 1. The molecule has 1 aliphatic rings. The van der Waals surface area contributed by atoms with Gasteiger partial charge in [0.1, 0.15) is 0 Å². The Labute approximate surface area is 137 Å². The van der Waals surface area contributed by atoms with E-state index < -0.39 is 27.7 Å². The van der Waals surface area contributed by atoms with Crippen molar-refractivity contribution >= 4 is 21.7 Å². The molecule has 1 N–H and O–H groups in total. The average molecular weight is 349 g/mol. The Kier molecular flexibility index (Phi) is 7.43. The normalized spacial score (nSPS) is 19.8. The van der Waals surface area contributed by atoms with E-state index >= 15 is 0 Å². The van der Waals surface area contributed by atoms with Crippen molar-refractivity contribution in [3.8, 4) is 0 Å². The minimum absolute atomic E-state index is 0.0474. The smallest absolute Gasteiger partial charge is 0.312 e. The summed E-state index contributed by atoms with van der Waals surface area (Å²) in [7, 11) is 0.548. The molecule has 1 rings (SSSR count). The van der Waals surface area contributed by atoms with Gasteiger partial charge < -0.3 is 19.8 Å². The van der Waals surface area contributed by atoms with E-state index in [2.05, 4.69) is 0 Å². The van der Waals surface area contributed by atoms with Crippen LogP contribution in [0.1, 0.15) is 13.3 Å². The molecule has 1 heterocycles. The second kappa shape index (κ2) is 8.60. The standard InChI is InChI=1S/C14H27N3O5S/c1-4-16(8-9-18)13(19)14(20)17(7-6-15(2)3)12-5-10-23(21,22)11-12/h12,18H,4-11H2,1-3H3. The quantitative estimate of drug-likeness (QED) is 0.556. The number of rotatable bonds is 7. The van der Waals surface area contributed by atoms with Gasteiger partial charge in [0.15, 0.2) is 9.84 Å². The maximum absolute atomic E-state index is 12.6. The number of aliphatic hydroxyl groups is 1. The molecular formula is C14H27N3O5S. The highest BCUT2D eigenvalue weighted by Gasteiger charge is 2.37. The Morgan fingerprint density at radius 2 is 1.78 bits per heavy atom. The Balaban J connectivity index is 2.90. The summed E-state index contributed by atoms with van der Waals surface area (Å²) in [4.78, 5) is 29.4. The molecule has 0 radical (unpaired) electrons. The third-order valence-electron chi connectivity index (χ3n) is 3.92. The highest BCUT2D eigenvalue weighted by atomic mass is 32.2. The van der Waals surface area contributed by atoms with Gasteiger partial charge >= 0.3 is 11.8 Å². The van der Waals surface area contributed by atoms with Crippen molar-refractivity contribution in [3.05, 3.63) is 0 Å². The summed E-state index contributed by atoms with van der Waals surface area (Å²) in [6, 6.07) is -0.454. The van der Waals surface area contributed by atoms with E-state index in [4.69, 9.17) is 5.11 Å². The number of aliphatic hydroxyl groups excluding tert-OH is 1. The van der Waals surface area contributed by atoms with Crippen LogP contribution in [0.5, 0.6) is 0 Å². The van der Waals surface area contributed by atoms with Crippen LogP contribution in [0.2, 0.25) is 0 Å². The molecule has 1 aliphatic heterocycles. The molecule has 0 spiro atoms. The van der Waals surface area contributed by atoms with Gasteiger partial charge in [0.05, 0.1) is 18.1 Å². The van der Waals surface area contributed by atoms with Crippen LogP contribution in [-0.4, -0.2) is 104 Å². The third-order valence-corrected chi connectivity index (χ3v) is 5.67. The summed E-state index contributed by atoms with van der Waals surface area (Å²) in [5, 5.41) is 8.99. The molecule has 2 amide bonds. The van der Waals surface area contributed by atoms with Gasteiger partial charge in [0.2, 0.25) is 0 Å². The number of carbonyl (C=O) groups is 2. The highest BCUT2D eigenvalue weighted by molar-refractivity contribution is 7.91. The zero-order valence-electron chi connectivity index (χ0n) is 14.1. The summed E-state index contributed by atoms with van der Waals surface area (Å²) < 4.78 is 23.4. The summed E-state index contributed by atoms with van der Waals surface area (Å²) >= 11 is 0. The van der Waals surface area contributed by atoms with Crippen molar-refractivity contribution in [1.29, 1.82) is 0 Å². The van der Waals surface area contributed by atoms with E-state index in [0.29, 0.717) is 26.1 Å². The zero-order valence-corrected chi connectivity index (χ0v) is 14.9. The van der Waals surface area contributed by atoms with Crippen LogP contribution in [0.4, 0.5) is 0 Å². The summed E-state index contributed by atoms with van der Waals surface area (Å²) in [6.45, 7) is 2.75. The van der Waals surface area contributed by atoms with Crippen LogP contribution < -0.4 is 0 Å². The predicted molar refractivity (Wildman–Crippen MR) is 86.7 cm³/mol. The molecule has 0 aliphatic carbocycles. The van der Waals surface area contributed by atoms with Gasteiger partial charge in [-0.1, -0.05) is 0 Å². The second-order valence-corrected chi connectivity index (χ2v) is 8.20. The first-order valence-electron chi connectivity index (χ1n) is 7.77. The highest BCUT2D eigenvalue weighted by Crippen LogP contribution is 2.18. The minimum Gasteiger partial charge on any atom is -0.395 e. The Bertz CT molecular complexity index is 521. The van der Waals surface area contributed by atoms with Crippen LogP contribution in [0.25, 0.3) is 0 Å². The molecule has 1 fully saturated rings. The van der Waals surface area contributed by atoms with Gasteiger partial charge in [-0.2, -0.15) is 0 Å². The molecule has 1 atom stereocenters. The molecule has 8 nitrogen and oxygen atoms in total. The topological polar surface area (TPSA) is 98.2 Å². The van der Waals surface area contributed by atoms with Gasteiger partial charge in [-0.15, -0.1) is 0 Å². The first kappa shape index (κ1) is 19.9. The van der Waals surface area contributed by atoms with Crippen molar-refractivity contribution in [2.75, 3.05) is 58.4 Å². The molecule has 0 bridgehead atoms. The molecule has 0 aromatic carbocycles. The second-order valence-electron chi connectivity index (χ2n) is 5.97. The fourth-order valence-corrected chi connectivity index (χ4v) is 4.29. The van der Waals surface area contributed by atoms with Crippen molar-refractivity contribution in [2.24, 2.45) is 0 Å². The molecule has 1 unspecified atom stereocenters. The number of amides is 2. The van der Waals surface area contributed by atoms with Crippen LogP contribution in [0, 0.1) is 0 Å². The third kappa shape index (κ3) is 5.74. The molecule has 0 aromatic rings. The lowest BCUT2D eigenvalue weighted by Crippen LogP contribution is -2.52. The van der Waals surface area contributed by atoms with E-state index in [1.807, 2.05) is 19.0 Å². The van der Waals surface area contributed by atoms with Crippen molar-refractivity contribution < 1.29 is 23.1 Å².